The summed E-state index contributed by atoms with van der Waals surface area (Å²) >= 11 is 0. The highest BCUT2D eigenvalue weighted by Gasteiger charge is 2.31. The Morgan fingerprint density at radius 3 is 2.47 bits per heavy atom. The number of carbonyl (C=O) groups excluding carboxylic acids is 1. The van der Waals surface area contributed by atoms with Crippen molar-refractivity contribution in [3.8, 4) is 5.75 Å². The van der Waals surface area contributed by atoms with E-state index in [1.807, 2.05) is 12.1 Å². The van der Waals surface area contributed by atoms with Gasteiger partial charge in [0.05, 0.1) is 13.7 Å². The fourth-order valence-electron chi connectivity index (χ4n) is 5.25. The van der Waals surface area contributed by atoms with Crippen LogP contribution in [0.15, 0.2) is 42.6 Å². The highest BCUT2D eigenvalue weighted by molar-refractivity contribution is 5.79. The van der Waals surface area contributed by atoms with E-state index in [0.717, 1.165) is 44.5 Å². The predicted molar refractivity (Wildman–Crippen MR) is 121 cm³/mol. The summed E-state index contributed by atoms with van der Waals surface area (Å²) in [4.78, 5) is 15.8. The normalized spacial score (nSPS) is 18.3. The summed E-state index contributed by atoms with van der Waals surface area (Å²) in [5.74, 6) is 1.54. The molecule has 0 N–H and O–H groups in total. The van der Waals surface area contributed by atoms with Crippen LogP contribution in [-0.4, -0.2) is 28.5 Å². The summed E-state index contributed by atoms with van der Waals surface area (Å²) in [5, 5.41) is 0. The maximum atomic E-state index is 13.6. The summed E-state index contributed by atoms with van der Waals surface area (Å²) < 4.78 is 7.68. The molecule has 4 heteroatoms. The van der Waals surface area contributed by atoms with Gasteiger partial charge in [0.2, 0.25) is 5.91 Å². The van der Waals surface area contributed by atoms with Crippen molar-refractivity contribution in [1.29, 1.82) is 0 Å². The Bertz CT molecular complexity index is 816. The van der Waals surface area contributed by atoms with Gasteiger partial charge < -0.3 is 14.2 Å². The number of aromatic nitrogens is 1. The van der Waals surface area contributed by atoms with Crippen molar-refractivity contribution in [2.45, 2.75) is 83.3 Å². The van der Waals surface area contributed by atoms with Gasteiger partial charge in [-0.05, 0) is 55.5 Å². The van der Waals surface area contributed by atoms with Gasteiger partial charge in [0, 0.05) is 30.4 Å². The Morgan fingerprint density at radius 1 is 1.00 bits per heavy atom. The third-order valence-corrected chi connectivity index (χ3v) is 7.00. The monoisotopic (exact) mass is 408 g/mol. The van der Waals surface area contributed by atoms with Gasteiger partial charge in [-0.3, -0.25) is 4.79 Å². The zero-order chi connectivity index (χ0) is 20.8. The Hall–Kier alpha value is -2.23. The number of hydrogen-bond donors (Lipinski definition) is 0. The van der Waals surface area contributed by atoms with Crippen LogP contribution in [0.5, 0.6) is 5.75 Å². The molecule has 0 spiro atoms. The zero-order valence-electron chi connectivity index (χ0n) is 18.4. The zero-order valence-corrected chi connectivity index (χ0v) is 18.4. The first-order chi connectivity index (χ1) is 14.7. The maximum absolute atomic E-state index is 13.6. The lowest BCUT2D eigenvalue weighted by molar-refractivity contribution is -0.140. The number of nitrogens with zero attached hydrogens (tertiary/aromatic N) is 2. The summed E-state index contributed by atoms with van der Waals surface area (Å²) in [5.41, 5.74) is 2.45. The van der Waals surface area contributed by atoms with Crippen LogP contribution < -0.4 is 4.74 Å². The number of carbonyl (C=O) groups is 1. The molecule has 1 aromatic carbocycles. The van der Waals surface area contributed by atoms with E-state index in [4.69, 9.17) is 4.74 Å². The first kappa shape index (κ1) is 21.0. The first-order valence-electron chi connectivity index (χ1n) is 11.8. The average molecular weight is 409 g/mol. The third kappa shape index (κ3) is 5.08. The smallest absolute Gasteiger partial charge is 0.226 e. The van der Waals surface area contributed by atoms with Gasteiger partial charge in [-0.2, -0.15) is 0 Å². The molecule has 30 heavy (non-hydrogen) atoms. The molecule has 0 unspecified atom stereocenters. The highest BCUT2D eigenvalue weighted by Crippen LogP contribution is 2.30. The van der Waals surface area contributed by atoms with Crippen LogP contribution in [0.4, 0.5) is 0 Å². The van der Waals surface area contributed by atoms with Crippen LogP contribution in [0, 0.1) is 5.92 Å². The Kier molecular flexibility index (Phi) is 7.14. The van der Waals surface area contributed by atoms with Crippen molar-refractivity contribution in [3.63, 3.8) is 0 Å². The number of hydrogen-bond acceptors (Lipinski definition) is 2. The van der Waals surface area contributed by atoms with Crippen LogP contribution in [-0.2, 0) is 17.9 Å². The van der Waals surface area contributed by atoms with E-state index in [2.05, 4.69) is 39.9 Å². The van der Waals surface area contributed by atoms with Crippen molar-refractivity contribution in [2.24, 2.45) is 5.92 Å². The van der Waals surface area contributed by atoms with Crippen LogP contribution in [0.2, 0.25) is 0 Å². The SMILES string of the molecule is COc1cccc(Cn2cccc2CN(C(=O)C2CCCCC2)C2CCCCC2)c1. The number of amides is 1. The number of ether oxygens (including phenoxy) is 1. The summed E-state index contributed by atoms with van der Waals surface area (Å²) in [6.07, 6.45) is 14.1. The lowest BCUT2D eigenvalue weighted by atomic mass is 9.86. The molecule has 2 aliphatic carbocycles. The van der Waals surface area contributed by atoms with Crippen LogP contribution >= 0.6 is 0 Å². The van der Waals surface area contributed by atoms with Crippen molar-refractivity contribution in [3.05, 3.63) is 53.9 Å². The highest BCUT2D eigenvalue weighted by atomic mass is 16.5. The second-order valence-electron chi connectivity index (χ2n) is 9.07. The summed E-state index contributed by atoms with van der Waals surface area (Å²) in [6.45, 7) is 1.53. The van der Waals surface area contributed by atoms with Gasteiger partial charge in [-0.15, -0.1) is 0 Å². The van der Waals surface area contributed by atoms with Crippen LogP contribution in [0.25, 0.3) is 0 Å². The summed E-state index contributed by atoms with van der Waals surface area (Å²) in [6, 6.07) is 13.0. The summed E-state index contributed by atoms with van der Waals surface area (Å²) in [7, 11) is 1.71. The van der Waals surface area contributed by atoms with Crippen molar-refractivity contribution in [2.75, 3.05) is 7.11 Å². The van der Waals surface area contributed by atoms with Crippen molar-refractivity contribution >= 4 is 5.91 Å². The van der Waals surface area contributed by atoms with E-state index in [1.165, 1.54) is 49.8 Å². The minimum atomic E-state index is 0.238. The third-order valence-electron chi connectivity index (χ3n) is 7.00. The van der Waals surface area contributed by atoms with E-state index in [0.29, 0.717) is 11.9 Å². The molecule has 2 fully saturated rings. The second-order valence-corrected chi connectivity index (χ2v) is 9.07. The molecule has 2 aliphatic rings. The van der Waals surface area contributed by atoms with E-state index in [-0.39, 0.29) is 5.92 Å². The molecule has 0 aliphatic heterocycles. The molecular weight excluding hydrogens is 372 g/mol. The molecule has 1 amide bonds. The van der Waals surface area contributed by atoms with E-state index in [9.17, 15) is 4.79 Å². The van der Waals surface area contributed by atoms with Crippen LogP contribution in [0.3, 0.4) is 0 Å². The van der Waals surface area contributed by atoms with Crippen molar-refractivity contribution in [1.82, 2.24) is 9.47 Å². The molecule has 0 bridgehead atoms. The Balaban J connectivity index is 1.52. The minimum Gasteiger partial charge on any atom is -0.497 e. The molecule has 162 valence electrons. The maximum Gasteiger partial charge on any atom is 0.226 e. The average Bonchev–Trinajstić information content (AvgIpc) is 3.24. The van der Waals surface area contributed by atoms with Gasteiger partial charge in [-0.25, -0.2) is 0 Å². The molecule has 1 aromatic heterocycles. The first-order valence-corrected chi connectivity index (χ1v) is 11.8. The van der Waals surface area contributed by atoms with Gasteiger partial charge in [0.25, 0.3) is 0 Å². The Morgan fingerprint density at radius 2 is 1.73 bits per heavy atom. The quantitative estimate of drug-likeness (QED) is 0.581. The molecule has 2 saturated carbocycles. The molecule has 0 radical (unpaired) electrons. The Labute approximate surface area is 181 Å². The predicted octanol–water partition coefficient (Wildman–Crippen LogP) is 5.79. The van der Waals surface area contributed by atoms with Crippen LogP contribution in [0.1, 0.15) is 75.5 Å². The fraction of sp³-hybridized carbons (Fsp3) is 0.577. The number of benzene rings is 1. The molecule has 0 atom stereocenters. The van der Waals surface area contributed by atoms with Crippen molar-refractivity contribution < 1.29 is 9.53 Å². The number of methoxy groups -OCH3 is 1. The van der Waals surface area contributed by atoms with Gasteiger partial charge in [0.15, 0.2) is 0 Å². The standard InChI is InChI=1S/C26H36N2O2/c1-30-25-16-8-10-21(18-25)19-27-17-9-15-24(27)20-28(23-13-6-3-7-14-23)26(29)22-11-4-2-5-12-22/h8-10,15-18,22-23H,2-7,11-14,19-20H2,1H3. The minimum absolute atomic E-state index is 0.238. The molecule has 4 nitrogen and oxygen atoms in total. The van der Waals surface area contributed by atoms with E-state index in [1.54, 1.807) is 7.11 Å². The molecule has 1 heterocycles. The number of rotatable bonds is 7. The van der Waals surface area contributed by atoms with E-state index < -0.39 is 0 Å². The molecule has 0 saturated heterocycles. The molecular formula is C26H36N2O2. The van der Waals surface area contributed by atoms with Gasteiger partial charge in [-0.1, -0.05) is 50.7 Å². The van der Waals surface area contributed by atoms with Gasteiger partial charge >= 0.3 is 0 Å². The molecule has 2 aromatic rings. The van der Waals surface area contributed by atoms with Gasteiger partial charge in [0.1, 0.15) is 5.75 Å². The fourth-order valence-corrected chi connectivity index (χ4v) is 5.25. The lowest BCUT2D eigenvalue weighted by Crippen LogP contribution is -2.44. The topological polar surface area (TPSA) is 34.5 Å². The molecule has 4 rings (SSSR count). The second kappa shape index (κ2) is 10.2. The largest absolute Gasteiger partial charge is 0.497 e. The van der Waals surface area contributed by atoms with E-state index >= 15 is 0 Å². The lowest BCUT2D eigenvalue weighted by Gasteiger charge is -2.37.